The van der Waals surface area contributed by atoms with Gasteiger partial charge in [0.15, 0.2) is 0 Å². The highest BCUT2D eigenvalue weighted by Crippen LogP contribution is 2.29. The first-order chi connectivity index (χ1) is 9.87. The van der Waals surface area contributed by atoms with Crippen molar-refractivity contribution in [3.63, 3.8) is 0 Å². The van der Waals surface area contributed by atoms with E-state index in [1.807, 2.05) is 0 Å². The van der Waals surface area contributed by atoms with Crippen LogP contribution in [0.2, 0.25) is 0 Å². The van der Waals surface area contributed by atoms with Gasteiger partial charge in [-0.2, -0.15) is 0 Å². The van der Waals surface area contributed by atoms with Gasteiger partial charge in [-0.15, -0.1) is 0 Å². The summed E-state index contributed by atoms with van der Waals surface area (Å²) >= 11 is 0. The number of benzene rings is 2. The zero-order valence-electron chi connectivity index (χ0n) is 11.3. The molecule has 0 bridgehead atoms. The van der Waals surface area contributed by atoms with Crippen LogP contribution < -0.4 is 10.0 Å². The number of nitrogen functional groups attached to an aromatic ring is 1. The third-order valence-corrected chi connectivity index (χ3v) is 4.91. The van der Waals surface area contributed by atoms with Crippen LogP contribution in [-0.2, 0) is 10.0 Å². The third-order valence-electron chi connectivity index (χ3n) is 2.95. The van der Waals surface area contributed by atoms with Crippen LogP contribution in [-0.4, -0.2) is 15.0 Å². The molecule has 0 spiro atoms. The molecule has 0 aliphatic rings. The number of rotatable bonds is 4. The van der Waals surface area contributed by atoms with E-state index in [-0.39, 0.29) is 22.8 Å². The Bertz CT molecular complexity index is 763. The zero-order chi connectivity index (χ0) is 15.6. The Balaban J connectivity index is 2.58. The topological polar surface area (TPSA) is 63.4 Å². The van der Waals surface area contributed by atoms with Crippen molar-refractivity contribution >= 4 is 21.4 Å². The molecule has 7 heteroatoms. The maximum atomic E-state index is 13.8. The molecule has 0 aliphatic heterocycles. The fraction of sp³-hybridized carbons (Fsp3) is 0.143. The van der Waals surface area contributed by atoms with Gasteiger partial charge >= 0.3 is 0 Å². The molecule has 2 N–H and O–H groups in total. The van der Waals surface area contributed by atoms with Crippen LogP contribution in [0.25, 0.3) is 0 Å². The minimum Gasteiger partial charge on any atom is -0.398 e. The normalized spacial score (nSPS) is 11.4. The second-order valence-corrected chi connectivity index (χ2v) is 6.13. The number of para-hydroxylation sites is 1. The smallest absolute Gasteiger partial charge is 0.266 e. The minimum atomic E-state index is -4.07. The molecule has 0 fully saturated rings. The van der Waals surface area contributed by atoms with Crippen molar-refractivity contribution in [2.45, 2.75) is 11.8 Å². The molecule has 0 atom stereocenters. The highest BCUT2D eigenvalue weighted by Gasteiger charge is 2.27. The maximum Gasteiger partial charge on any atom is 0.266 e. The van der Waals surface area contributed by atoms with Gasteiger partial charge in [-0.1, -0.05) is 12.1 Å². The Hall–Kier alpha value is -2.15. The summed E-state index contributed by atoms with van der Waals surface area (Å²) in [6, 6.07) is 8.51. The summed E-state index contributed by atoms with van der Waals surface area (Å²) in [6.07, 6.45) is 0. The third kappa shape index (κ3) is 2.82. The van der Waals surface area contributed by atoms with Crippen molar-refractivity contribution < 1.29 is 17.2 Å². The van der Waals surface area contributed by atoms with E-state index in [1.54, 1.807) is 6.92 Å². The molecule has 4 nitrogen and oxygen atoms in total. The quantitative estimate of drug-likeness (QED) is 0.883. The van der Waals surface area contributed by atoms with E-state index in [4.69, 9.17) is 5.73 Å². The van der Waals surface area contributed by atoms with Gasteiger partial charge in [-0.05, 0) is 37.3 Å². The Kier molecular flexibility index (Phi) is 4.13. The standard InChI is InChI=1S/C14H14F2N2O2S/c1-2-18(13-6-4-3-5-11(13)16)21(19,20)14-8-7-10(15)9-12(14)17/h3-9H,2,17H2,1H3. The predicted octanol–water partition coefficient (Wildman–Crippen LogP) is 2.76. The first kappa shape index (κ1) is 15.2. The van der Waals surface area contributed by atoms with Crippen LogP contribution in [0.4, 0.5) is 20.2 Å². The summed E-state index contributed by atoms with van der Waals surface area (Å²) in [7, 11) is -4.07. The van der Waals surface area contributed by atoms with Crippen LogP contribution in [0.1, 0.15) is 6.92 Å². The molecule has 2 rings (SSSR count). The van der Waals surface area contributed by atoms with Gasteiger partial charge in [0, 0.05) is 6.54 Å². The predicted molar refractivity (Wildman–Crippen MR) is 77.4 cm³/mol. The molecule has 2 aromatic carbocycles. The van der Waals surface area contributed by atoms with Gasteiger partial charge in [-0.25, -0.2) is 17.2 Å². The summed E-state index contributed by atoms with van der Waals surface area (Å²) in [6.45, 7) is 1.59. The summed E-state index contributed by atoms with van der Waals surface area (Å²) in [5.41, 5.74) is 5.28. The average molecular weight is 312 g/mol. The molecular weight excluding hydrogens is 298 g/mol. The molecular formula is C14H14F2N2O2S. The van der Waals surface area contributed by atoms with Crippen LogP contribution in [0.3, 0.4) is 0 Å². The van der Waals surface area contributed by atoms with E-state index in [2.05, 4.69) is 0 Å². The molecule has 0 heterocycles. The molecule has 0 saturated carbocycles. The van der Waals surface area contributed by atoms with Gasteiger partial charge in [0.1, 0.15) is 16.5 Å². The molecule has 2 aromatic rings. The number of hydrogen-bond donors (Lipinski definition) is 1. The SMILES string of the molecule is CCN(c1ccccc1F)S(=O)(=O)c1ccc(F)cc1N. The Labute approximate surface area is 121 Å². The lowest BCUT2D eigenvalue weighted by Crippen LogP contribution is -2.32. The molecule has 0 radical (unpaired) electrons. The van der Waals surface area contributed by atoms with Gasteiger partial charge in [0.05, 0.1) is 11.4 Å². The summed E-state index contributed by atoms with van der Waals surface area (Å²) < 4.78 is 53.0. The lowest BCUT2D eigenvalue weighted by Gasteiger charge is -2.24. The van der Waals surface area contributed by atoms with Crippen molar-refractivity contribution in [3.8, 4) is 0 Å². The van der Waals surface area contributed by atoms with Crippen LogP contribution in [0.5, 0.6) is 0 Å². The van der Waals surface area contributed by atoms with Crippen molar-refractivity contribution in [1.82, 2.24) is 0 Å². The van der Waals surface area contributed by atoms with E-state index in [0.717, 1.165) is 22.5 Å². The van der Waals surface area contributed by atoms with Crippen molar-refractivity contribution in [3.05, 3.63) is 54.1 Å². The van der Waals surface area contributed by atoms with Crippen molar-refractivity contribution in [1.29, 1.82) is 0 Å². The molecule has 0 aliphatic carbocycles. The zero-order valence-corrected chi connectivity index (χ0v) is 12.1. The maximum absolute atomic E-state index is 13.8. The van der Waals surface area contributed by atoms with E-state index in [0.29, 0.717) is 0 Å². The van der Waals surface area contributed by atoms with Crippen molar-refractivity contribution in [2.75, 3.05) is 16.6 Å². The second kappa shape index (κ2) is 5.69. The Morgan fingerprint density at radius 2 is 1.81 bits per heavy atom. The molecule has 0 unspecified atom stereocenters. The summed E-state index contributed by atoms with van der Waals surface area (Å²) in [4.78, 5) is -0.256. The first-order valence-electron chi connectivity index (χ1n) is 6.20. The molecule has 0 aromatic heterocycles. The molecule has 0 amide bonds. The minimum absolute atomic E-state index is 0.0140. The molecule has 21 heavy (non-hydrogen) atoms. The summed E-state index contributed by atoms with van der Waals surface area (Å²) in [5.74, 6) is -1.30. The number of halogens is 2. The lowest BCUT2D eigenvalue weighted by molar-refractivity contribution is 0.586. The Morgan fingerprint density at radius 3 is 2.38 bits per heavy atom. The number of sulfonamides is 1. The number of hydrogen-bond acceptors (Lipinski definition) is 3. The van der Waals surface area contributed by atoms with E-state index < -0.39 is 21.7 Å². The van der Waals surface area contributed by atoms with Gasteiger partial charge in [-0.3, -0.25) is 4.31 Å². The second-order valence-electron chi connectivity index (χ2n) is 4.30. The molecule has 112 valence electrons. The van der Waals surface area contributed by atoms with Crippen LogP contribution in [0.15, 0.2) is 47.4 Å². The first-order valence-corrected chi connectivity index (χ1v) is 7.64. The van der Waals surface area contributed by atoms with Gasteiger partial charge in [0.25, 0.3) is 10.0 Å². The van der Waals surface area contributed by atoms with E-state index in [1.165, 1.54) is 24.3 Å². The monoisotopic (exact) mass is 312 g/mol. The highest BCUT2D eigenvalue weighted by molar-refractivity contribution is 7.93. The highest BCUT2D eigenvalue weighted by atomic mass is 32.2. The average Bonchev–Trinajstić information content (AvgIpc) is 2.41. The number of nitrogens with two attached hydrogens (primary N) is 1. The summed E-state index contributed by atoms with van der Waals surface area (Å²) in [5, 5.41) is 0. The van der Waals surface area contributed by atoms with E-state index in [9.17, 15) is 17.2 Å². The number of anilines is 2. The fourth-order valence-corrected chi connectivity index (χ4v) is 3.58. The van der Waals surface area contributed by atoms with Crippen LogP contribution >= 0.6 is 0 Å². The van der Waals surface area contributed by atoms with Gasteiger partial charge < -0.3 is 5.73 Å². The largest absolute Gasteiger partial charge is 0.398 e. The van der Waals surface area contributed by atoms with Crippen LogP contribution in [0, 0.1) is 11.6 Å². The number of nitrogens with zero attached hydrogens (tertiary/aromatic N) is 1. The van der Waals surface area contributed by atoms with Crippen molar-refractivity contribution in [2.24, 2.45) is 0 Å². The molecule has 0 saturated heterocycles. The van der Waals surface area contributed by atoms with E-state index >= 15 is 0 Å². The Morgan fingerprint density at radius 1 is 1.14 bits per heavy atom. The lowest BCUT2D eigenvalue weighted by atomic mass is 10.3. The van der Waals surface area contributed by atoms with Gasteiger partial charge in [0.2, 0.25) is 0 Å². The fourth-order valence-electron chi connectivity index (χ4n) is 2.00.